The van der Waals surface area contributed by atoms with E-state index >= 15 is 0 Å². The highest BCUT2D eigenvalue weighted by atomic mass is 32.1. The molecule has 0 aromatic carbocycles. The van der Waals surface area contributed by atoms with E-state index in [-0.39, 0.29) is 6.04 Å². The lowest BCUT2D eigenvalue weighted by Gasteiger charge is -2.27. The molecule has 0 radical (unpaired) electrons. The van der Waals surface area contributed by atoms with Crippen LogP contribution in [0.5, 0.6) is 0 Å². The Hall–Kier alpha value is -0.870. The largest absolute Gasteiger partial charge is 0.480 e. The number of carboxylic acids is 1. The molecule has 1 heterocycles. The maximum absolute atomic E-state index is 10.8. The van der Waals surface area contributed by atoms with Gasteiger partial charge in [0, 0.05) is 15.8 Å². The summed E-state index contributed by atoms with van der Waals surface area (Å²) < 4.78 is 0. The Morgan fingerprint density at radius 1 is 1.47 bits per heavy atom. The molecule has 0 saturated carbocycles. The van der Waals surface area contributed by atoms with Crippen molar-refractivity contribution < 1.29 is 9.90 Å². The first-order valence-corrected chi connectivity index (χ1v) is 5.76. The summed E-state index contributed by atoms with van der Waals surface area (Å²) in [7, 11) is 1.85. The average molecular weight is 227 g/mol. The number of likely N-dealkylation sites (N-methyl/N-ethyl adjacent to an activating group) is 1. The first-order chi connectivity index (χ1) is 6.93. The molecule has 2 unspecified atom stereocenters. The highest BCUT2D eigenvalue weighted by Gasteiger charge is 2.23. The normalized spacial score (nSPS) is 15.3. The van der Waals surface area contributed by atoms with Crippen molar-refractivity contribution in [1.29, 1.82) is 0 Å². The lowest BCUT2D eigenvalue weighted by atomic mass is 10.2. The van der Waals surface area contributed by atoms with E-state index in [1.54, 1.807) is 18.3 Å². The van der Waals surface area contributed by atoms with Crippen LogP contribution < -0.4 is 0 Å². The minimum absolute atomic E-state index is 0.148. The molecule has 3 nitrogen and oxygen atoms in total. The summed E-state index contributed by atoms with van der Waals surface area (Å²) in [5, 5.41) is 8.92. The van der Waals surface area contributed by atoms with Crippen LogP contribution in [0.1, 0.15) is 29.6 Å². The number of carbonyl (C=O) groups is 1. The van der Waals surface area contributed by atoms with Crippen molar-refractivity contribution in [1.82, 2.24) is 4.90 Å². The molecule has 0 aliphatic carbocycles. The van der Waals surface area contributed by atoms with Gasteiger partial charge in [0.1, 0.15) is 6.04 Å². The predicted molar refractivity (Wildman–Crippen MR) is 62.3 cm³/mol. The van der Waals surface area contributed by atoms with Gasteiger partial charge in [0.25, 0.3) is 0 Å². The fourth-order valence-electron chi connectivity index (χ4n) is 1.39. The standard InChI is InChI=1S/C11H17NO2S/c1-7-5-6-10(15-7)8(2)12(4)9(3)11(13)14/h5-6,8-9H,1-4H3,(H,13,14). The van der Waals surface area contributed by atoms with Crippen LogP contribution in [-0.4, -0.2) is 29.1 Å². The first kappa shape index (κ1) is 12.2. The maximum Gasteiger partial charge on any atom is 0.320 e. The first-order valence-electron chi connectivity index (χ1n) is 4.94. The van der Waals surface area contributed by atoms with Crippen LogP contribution in [0.3, 0.4) is 0 Å². The molecule has 0 spiro atoms. The molecule has 1 N–H and O–H groups in total. The number of aryl methyl sites for hydroxylation is 1. The second kappa shape index (κ2) is 4.77. The van der Waals surface area contributed by atoms with Crippen LogP contribution >= 0.6 is 11.3 Å². The number of nitrogens with zero attached hydrogens (tertiary/aromatic N) is 1. The zero-order chi connectivity index (χ0) is 11.6. The van der Waals surface area contributed by atoms with Gasteiger partial charge in [0.2, 0.25) is 0 Å². The van der Waals surface area contributed by atoms with Crippen LogP contribution in [-0.2, 0) is 4.79 Å². The second-order valence-corrected chi connectivity index (χ2v) is 5.12. The quantitative estimate of drug-likeness (QED) is 0.859. The molecule has 0 aliphatic heterocycles. The van der Waals surface area contributed by atoms with Gasteiger partial charge in [-0.1, -0.05) is 0 Å². The minimum atomic E-state index is -0.780. The van der Waals surface area contributed by atoms with E-state index in [2.05, 4.69) is 19.1 Å². The van der Waals surface area contributed by atoms with Crippen LogP contribution in [0.25, 0.3) is 0 Å². The second-order valence-electron chi connectivity index (χ2n) is 3.80. The number of hydrogen-bond acceptors (Lipinski definition) is 3. The van der Waals surface area contributed by atoms with Gasteiger partial charge < -0.3 is 5.11 Å². The number of thiophene rings is 1. The Morgan fingerprint density at radius 3 is 2.47 bits per heavy atom. The molecule has 1 aromatic heterocycles. The van der Waals surface area contributed by atoms with Crippen LogP contribution in [0.15, 0.2) is 12.1 Å². The van der Waals surface area contributed by atoms with Crippen molar-refractivity contribution in [2.24, 2.45) is 0 Å². The molecule has 0 aliphatic rings. The molecular formula is C11H17NO2S. The van der Waals surface area contributed by atoms with E-state index in [9.17, 15) is 4.79 Å². The molecule has 0 amide bonds. The highest BCUT2D eigenvalue weighted by Crippen LogP contribution is 2.27. The number of carboxylic acid groups (broad SMARTS) is 1. The summed E-state index contributed by atoms with van der Waals surface area (Å²) in [4.78, 5) is 15.2. The maximum atomic E-state index is 10.8. The Labute approximate surface area is 94.3 Å². The third kappa shape index (κ3) is 2.79. The fraction of sp³-hybridized carbons (Fsp3) is 0.545. The summed E-state index contributed by atoms with van der Waals surface area (Å²) in [5.41, 5.74) is 0. The average Bonchev–Trinajstić information content (AvgIpc) is 2.61. The van der Waals surface area contributed by atoms with Crippen molar-refractivity contribution in [3.63, 3.8) is 0 Å². The van der Waals surface area contributed by atoms with Gasteiger partial charge in [-0.25, -0.2) is 0 Å². The van der Waals surface area contributed by atoms with Crippen LogP contribution in [0.4, 0.5) is 0 Å². The van der Waals surface area contributed by atoms with E-state index in [1.165, 1.54) is 9.75 Å². The Balaban J connectivity index is 2.76. The molecule has 84 valence electrons. The molecule has 4 heteroatoms. The van der Waals surface area contributed by atoms with Gasteiger partial charge in [0.15, 0.2) is 0 Å². The molecule has 0 saturated heterocycles. The van der Waals surface area contributed by atoms with E-state index in [0.717, 1.165) is 0 Å². The van der Waals surface area contributed by atoms with Gasteiger partial charge in [-0.3, -0.25) is 9.69 Å². The smallest absolute Gasteiger partial charge is 0.320 e. The van der Waals surface area contributed by atoms with Gasteiger partial charge in [-0.05, 0) is 40.0 Å². The molecular weight excluding hydrogens is 210 g/mol. The molecule has 1 rings (SSSR count). The fourth-order valence-corrected chi connectivity index (χ4v) is 2.37. The number of hydrogen-bond donors (Lipinski definition) is 1. The monoisotopic (exact) mass is 227 g/mol. The molecule has 15 heavy (non-hydrogen) atoms. The summed E-state index contributed by atoms with van der Waals surface area (Å²) >= 11 is 1.72. The summed E-state index contributed by atoms with van der Waals surface area (Å²) in [5.74, 6) is -0.780. The van der Waals surface area contributed by atoms with Gasteiger partial charge in [0.05, 0.1) is 0 Å². The lowest BCUT2D eigenvalue weighted by molar-refractivity contribution is -0.142. The van der Waals surface area contributed by atoms with Gasteiger partial charge >= 0.3 is 5.97 Å². The summed E-state index contributed by atoms with van der Waals surface area (Å²) in [6.07, 6.45) is 0. The van der Waals surface area contributed by atoms with Crippen molar-refractivity contribution in [2.75, 3.05) is 7.05 Å². The summed E-state index contributed by atoms with van der Waals surface area (Å²) in [6, 6.07) is 3.82. The molecule has 2 atom stereocenters. The Kier molecular flexibility index (Phi) is 3.88. The number of rotatable bonds is 4. The van der Waals surface area contributed by atoms with Crippen molar-refractivity contribution in [2.45, 2.75) is 32.9 Å². The van der Waals surface area contributed by atoms with Crippen LogP contribution in [0.2, 0.25) is 0 Å². The number of aliphatic carboxylic acids is 1. The predicted octanol–water partition coefficient (Wildman–Crippen LogP) is 2.52. The van der Waals surface area contributed by atoms with Crippen molar-refractivity contribution >= 4 is 17.3 Å². The molecule has 0 fully saturated rings. The topological polar surface area (TPSA) is 40.5 Å². The lowest BCUT2D eigenvalue weighted by Crippen LogP contribution is -2.37. The van der Waals surface area contributed by atoms with E-state index < -0.39 is 12.0 Å². The zero-order valence-corrected chi connectivity index (χ0v) is 10.3. The highest BCUT2D eigenvalue weighted by molar-refractivity contribution is 7.12. The van der Waals surface area contributed by atoms with E-state index in [1.807, 2.05) is 18.9 Å². The third-order valence-corrected chi connectivity index (χ3v) is 3.92. The zero-order valence-electron chi connectivity index (χ0n) is 9.52. The van der Waals surface area contributed by atoms with Gasteiger partial charge in [-0.2, -0.15) is 0 Å². The third-order valence-electron chi connectivity index (χ3n) is 2.75. The molecule has 0 bridgehead atoms. The van der Waals surface area contributed by atoms with Gasteiger partial charge in [-0.15, -0.1) is 11.3 Å². The van der Waals surface area contributed by atoms with Crippen molar-refractivity contribution in [3.05, 3.63) is 21.9 Å². The van der Waals surface area contributed by atoms with E-state index in [0.29, 0.717) is 0 Å². The SMILES string of the molecule is Cc1ccc(C(C)N(C)C(C)C(=O)O)s1. The Morgan fingerprint density at radius 2 is 2.07 bits per heavy atom. The van der Waals surface area contributed by atoms with E-state index in [4.69, 9.17) is 5.11 Å². The Bertz CT molecular complexity index is 348. The molecule has 1 aromatic rings. The van der Waals surface area contributed by atoms with Crippen molar-refractivity contribution in [3.8, 4) is 0 Å². The minimum Gasteiger partial charge on any atom is -0.480 e. The van der Waals surface area contributed by atoms with Crippen LogP contribution in [0, 0.1) is 6.92 Å². The summed E-state index contributed by atoms with van der Waals surface area (Å²) in [6.45, 7) is 5.80.